The second-order valence-corrected chi connectivity index (χ2v) is 8.21. The predicted molar refractivity (Wildman–Crippen MR) is 113 cm³/mol. The van der Waals surface area contributed by atoms with Gasteiger partial charge in [0.1, 0.15) is 5.69 Å². The summed E-state index contributed by atoms with van der Waals surface area (Å²) in [5, 5.41) is 5.64. The molecule has 0 aliphatic heterocycles. The van der Waals surface area contributed by atoms with Crippen molar-refractivity contribution in [2.45, 2.75) is 6.42 Å². The van der Waals surface area contributed by atoms with Crippen molar-refractivity contribution in [1.82, 2.24) is 14.6 Å². The molecule has 0 radical (unpaired) electrons. The van der Waals surface area contributed by atoms with Crippen LogP contribution in [0.5, 0.6) is 0 Å². The lowest BCUT2D eigenvalue weighted by Gasteiger charge is -2.00. The van der Waals surface area contributed by atoms with Gasteiger partial charge in [0.15, 0.2) is 0 Å². The lowest BCUT2D eigenvalue weighted by atomic mass is 10.1. The maximum atomic E-state index is 12.7. The molecule has 0 N–H and O–H groups in total. The van der Waals surface area contributed by atoms with Crippen molar-refractivity contribution in [3.63, 3.8) is 0 Å². The predicted octanol–water partition coefficient (Wildman–Crippen LogP) is 3.61. The number of halogens is 3. The van der Waals surface area contributed by atoms with Crippen molar-refractivity contribution in [2.24, 2.45) is 0 Å². The monoisotopic (exact) mass is 449 g/mol. The number of rotatable bonds is 3. The van der Waals surface area contributed by atoms with Gasteiger partial charge in [-0.2, -0.15) is 14.6 Å². The Balaban J connectivity index is 1.79. The van der Waals surface area contributed by atoms with Crippen LogP contribution in [0.2, 0.25) is 15.1 Å². The molecule has 2 aromatic carbocycles. The Hall–Kier alpha value is -2.25. The third-order valence-electron chi connectivity index (χ3n) is 3.98. The molecule has 0 fully saturated rings. The molecule has 0 aliphatic carbocycles. The summed E-state index contributed by atoms with van der Waals surface area (Å²) >= 11 is 18.9. The fourth-order valence-corrected chi connectivity index (χ4v) is 3.94. The summed E-state index contributed by atoms with van der Waals surface area (Å²) in [6.07, 6.45) is 1.92. The summed E-state index contributed by atoms with van der Waals surface area (Å²) in [6.45, 7) is 0. The standard InChI is InChI=1S/C19H10Cl3N3O2S/c20-12-4-1-10(2-5-12)8-15-17(26)23-19-25(24-15)18(27)16(28-19)9-11-3-6-13(21)14(22)7-11/h1-7,9H,8H2/b16-9-. The molecule has 0 saturated heterocycles. The second kappa shape index (κ2) is 7.64. The summed E-state index contributed by atoms with van der Waals surface area (Å²) in [5.41, 5.74) is 0.937. The summed E-state index contributed by atoms with van der Waals surface area (Å²) in [7, 11) is 0. The number of fused-ring (bicyclic) bond motifs is 1. The van der Waals surface area contributed by atoms with Crippen LogP contribution < -0.4 is 15.7 Å². The van der Waals surface area contributed by atoms with Crippen molar-refractivity contribution in [3.8, 4) is 0 Å². The minimum absolute atomic E-state index is 0.191. The van der Waals surface area contributed by atoms with E-state index < -0.39 is 5.56 Å². The zero-order chi connectivity index (χ0) is 19.8. The van der Waals surface area contributed by atoms with Crippen LogP contribution in [0.4, 0.5) is 0 Å². The summed E-state index contributed by atoms with van der Waals surface area (Å²) in [4.78, 5) is 29.3. The Morgan fingerprint density at radius 3 is 2.46 bits per heavy atom. The molecule has 2 aromatic heterocycles. The molecule has 0 aliphatic rings. The van der Waals surface area contributed by atoms with E-state index in [2.05, 4.69) is 10.1 Å². The van der Waals surface area contributed by atoms with Crippen LogP contribution in [0, 0.1) is 0 Å². The number of hydrogen-bond donors (Lipinski definition) is 0. The molecule has 0 unspecified atom stereocenters. The van der Waals surface area contributed by atoms with Crippen LogP contribution in [0.3, 0.4) is 0 Å². The highest BCUT2D eigenvalue weighted by atomic mass is 35.5. The quantitative estimate of drug-likeness (QED) is 0.478. The van der Waals surface area contributed by atoms with Crippen LogP contribution in [-0.2, 0) is 6.42 Å². The van der Waals surface area contributed by atoms with E-state index in [9.17, 15) is 9.59 Å². The second-order valence-electron chi connectivity index (χ2n) is 5.95. The Kier molecular flexibility index (Phi) is 5.21. The summed E-state index contributed by atoms with van der Waals surface area (Å²) < 4.78 is 1.54. The molecular weight excluding hydrogens is 441 g/mol. The van der Waals surface area contributed by atoms with E-state index >= 15 is 0 Å². The topological polar surface area (TPSA) is 64.3 Å². The van der Waals surface area contributed by atoms with E-state index in [1.54, 1.807) is 48.5 Å². The number of aromatic nitrogens is 3. The minimum Gasteiger partial charge on any atom is -0.266 e. The average Bonchev–Trinajstić information content (AvgIpc) is 2.95. The molecular formula is C19H10Cl3N3O2S. The van der Waals surface area contributed by atoms with E-state index in [-0.39, 0.29) is 22.6 Å². The maximum absolute atomic E-state index is 12.7. The molecule has 4 rings (SSSR count). The number of nitrogens with zero attached hydrogens (tertiary/aromatic N) is 3. The fraction of sp³-hybridized carbons (Fsp3) is 0.0526. The molecule has 0 atom stereocenters. The lowest BCUT2D eigenvalue weighted by Crippen LogP contribution is -2.28. The number of thiazole rings is 1. The van der Waals surface area contributed by atoms with Gasteiger partial charge in [0, 0.05) is 11.4 Å². The Bertz CT molecular complexity index is 1360. The Morgan fingerprint density at radius 2 is 1.75 bits per heavy atom. The van der Waals surface area contributed by atoms with Crippen molar-refractivity contribution < 1.29 is 0 Å². The lowest BCUT2D eigenvalue weighted by molar-refractivity contribution is 0.811. The SMILES string of the molecule is O=c1nc2s/c(=C\c3ccc(Cl)c(Cl)c3)c(=O)n2nc1Cc1ccc(Cl)cc1. The third kappa shape index (κ3) is 3.82. The molecule has 140 valence electrons. The van der Waals surface area contributed by atoms with Gasteiger partial charge < -0.3 is 0 Å². The van der Waals surface area contributed by atoms with Gasteiger partial charge in [0.05, 0.1) is 14.6 Å². The molecule has 4 aromatic rings. The molecule has 9 heteroatoms. The molecule has 5 nitrogen and oxygen atoms in total. The summed E-state index contributed by atoms with van der Waals surface area (Å²) in [6, 6.07) is 12.1. The largest absolute Gasteiger partial charge is 0.296 e. The van der Waals surface area contributed by atoms with Crippen LogP contribution in [-0.4, -0.2) is 14.6 Å². The van der Waals surface area contributed by atoms with Crippen LogP contribution in [0.25, 0.3) is 11.0 Å². The van der Waals surface area contributed by atoms with Crippen molar-refractivity contribution >= 4 is 57.2 Å². The van der Waals surface area contributed by atoms with E-state index in [0.29, 0.717) is 25.2 Å². The molecule has 2 heterocycles. The van der Waals surface area contributed by atoms with Gasteiger partial charge in [0.25, 0.3) is 11.1 Å². The first kappa shape index (κ1) is 19.1. The van der Waals surface area contributed by atoms with Crippen molar-refractivity contribution in [1.29, 1.82) is 0 Å². The smallest absolute Gasteiger partial charge is 0.266 e. The Morgan fingerprint density at radius 1 is 1.00 bits per heavy atom. The van der Waals surface area contributed by atoms with Crippen LogP contribution in [0.15, 0.2) is 52.1 Å². The first-order valence-corrected chi connectivity index (χ1v) is 10.00. The molecule has 28 heavy (non-hydrogen) atoms. The molecule has 0 saturated carbocycles. The third-order valence-corrected chi connectivity index (χ3v) is 5.93. The molecule has 0 bridgehead atoms. The molecule has 0 amide bonds. The van der Waals surface area contributed by atoms with Gasteiger partial charge in [0.2, 0.25) is 4.96 Å². The van der Waals surface area contributed by atoms with Crippen LogP contribution >= 0.6 is 46.1 Å². The van der Waals surface area contributed by atoms with E-state index in [0.717, 1.165) is 21.4 Å². The highest BCUT2D eigenvalue weighted by molar-refractivity contribution is 7.15. The first-order valence-electron chi connectivity index (χ1n) is 8.05. The minimum atomic E-state index is -0.461. The number of benzene rings is 2. The van der Waals surface area contributed by atoms with Gasteiger partial charge in [-0.05, 0) is 41.5 Å². The maximum Gasteiger partial charge on any atom is 0.296 e. The van der Waals surface area contributed by atoms with E-state index in [1.807, 2.05) is 0 Å². The van der Waals surface area contributed by atoms with Crippen LogP contribution in [0.1, 0.15) is 16.8 Å². The zero-order valence-electron chi connectivity index (χ0n) is 14.0. The van der Waals surface area contributed by atoms with Crippen molar-refractivity contribution in [2.75, 3.05) is 0 Å². The normalized spacial score (nSPS) is 12.0. The van der Waals surface area contributed by atoms with Gasteiger partial charge in [-0.3, -0.25) is 9.59 Å². The zero-order valence-corrected chi connectivity index (χ0v) is 17.1. The van der Waals surface area contributed by atoms with Gasteiger partial charge >= 0.3 is 0 Å². The van der Waals surface area contributed by atoms with Gasteiger partial charge in [-0.15, -0.1) is 0 Å². The van der Waals surface area contributed by atoms with E-state index in [1.165, 1.54) is 0 Å². The average molecular weight is 451 g/mol. The number of hydrogen-bond acceptors (Lipinski definition) is 5. The van der Waals surface area contributed by atoms with E-state index in [4.69, 9.17) is 34.8 Å². The van der Waals surface area contributed by atoms with Gasteiger partial charge in [-0.25, -0.2) is 0 Å². The summed E-state index contributed by atoms with van der Waals surface area (Å²) in [5.74, 6) is 0. The Labute approximate surface area is 177 Å². The highest BCUT2D eigenvalue weighted by Crippen LogP contribution is 2.22. The fourth-order valence-electron chi connectivity index (χ4n) is 2.60. The van der Waals surface area contributed by atoms with Crippen molar-refractivity contribution in [3.05, 3.63) is 99.6 Å². The first-order chi connectivity index (χ1) is 13.4. The van der Waals surface area contributed by atoms with Gasteiger partial charge in [-0.1, -0.05) is 64.3 Å². The molecule has 0 spiro atoms. The highest BCUT2D eigenvalue weighted by Gasteiger charge is 2.12.